The van der Waals surface area contributed by atoms with Crippen LogP contribution in [-0.4, -0.2) is 69.2 Å². The van der Waals surface area contributed by atoms with Gasteiger partial charge in [0.15, 0.2) is 5.11 Å². The van der Waals surface area contributed by atoms with Gasteiger partial charge in [-0.3, -0.25) is 0 Å². The molecule has 1 aromatic carbocycles. The molecular formula is C15H20F3N3O3S2. The Morgan fingerprint density at radius 3 is 2.42 bits per heavy atom. The summed E-state index contributed by atoms with van der Waals surface area (Å²) in [7, 11) is -2.68. The first kappa shape index (κ1) is 20.9. The van der Waals surface area contributed by atoms with Crippen LogP contribution in [0.25, 0.3) is 0 Å². The van der Waals surface area contributed by atoms with Crippen molar-refractivity contribution < 1.29 is 26.3 Å². The minimum Gasteiger partial charge on any atom is -0.383 e. The predicted octanol–water partition coefficient (Wildman–Crippen LogP) is 1.53. The molecule has 11 heteroatoms. The largest absolute Gasteiger partial charge is 0.417 e. The van der Waals surface area contributed by atoms with E-state index in [0.29, 0.717) is 31.4 Å². The van der Waals surface area contributed by atoms with Gasteiger partial charge in [-0.05, 0) is 24.4 Å². The summed E-state index contributed by atoms with van der Waals surface area (Å²) in [5.41, 5.74) is -1.15. The minimum absolute atomic E-state index is 0.0562. The molecule has 2 rings (SSSR count). The average molecular weight is 411 g/mol. The van der Waals surface area contributed by atoms with Crippen LogP contribution in [0.5, 0.6) is 0 Å². The number of ether oxygens (including phenoxy) is 1. The Morgan fingerprint density at radius 2 is 1.85 bits per heavy atom. The van der Waals surface area contributed by atoms with Crippen molar-refractivity contribution >= 4 is 27.4 Å². The second-order valence-electron chi connectivity index (χ2n) is 5.61. The van der Waals surface area contributed by atoms with Gasteiger partial charge in [-0.15, -0.1) is 0 Å². The zero-order valence-electron chi connectivity index (χ0n) is 14.1. The zero-order chi connectivity index (χ0) is 19.4. The Hall–Kier alpha value is -1.43. The summed E-state index contributed by atoms with van der Waals surface area (Å²) in [5.74, 6) is 0. The van der Waals surface area contributed by atoms with E-state index in [1.54, 1.807) is 12.0 Å². The topological polar surface area (TPSA) is 61.9 Å². The minimum atomic E-state index is -4.74. The molecule has 0 aromatic heterocycles. The fraction of sp³-hybridized carbons (Fsp3) is 0.533. The van der Waals surface area contributed by atoms with Gasteiger partial charge in [-0.2, -0.15) is 17.5 Å². The fourth-order valence-electron chi connectivity index (χ4n) is 2.57. The van der Waals surface area contributed by atoms with Gasteiger partial charge < -0.3 is 15.0 Å². The number of benzene rings is 1. The summed E-state index contributed by atoms with van der Waals surface area (Å²) in [5, 5.41) is 3.45. The summed E-state index contributed by atoms with van der Waals surface area (Å²) in [6.45, 7) is 1.70. The molecule has 1 aromatic rings. The van der Waals surface area contributed by atoms with Gasteiger partial charge in [0.1, 0.15) is 0 Å². The van der Waals surface area contributed by atoms with Crippen molar-refractivity contribution in [2.75, 3.05) is 46.4 Å². The van der Waals surface area contributed by atoms with Gasteiger partial charge in [-0.1, -0.05) is 12.1 Å². The summed E-state index contributed by atoms with van der Waals surface area (Å²) >= 11 is 5.22. The van der Waals surface area contributed by atoms with E-state index < -0.39 is 26.7 Å². The molecule has 0 amide bonds. The lowest BCUT2D eigenvalue weighted by Crippen LogP contribution is -2.53. The summed E-state index contributed by atoms with van der Waals surface area (Å²) in [6.07, 6.45) is -4.74. The maximum Gasteiger partial charge on any atom is 0.417 e. The van der Waals surface area contributed by atoms with E-state index in [4.69, 9.17) is 17.0 Å². The van der Waals surface area contributed by atoms with Crippen LogP contribution in [0.15, 0.2) is 29.2 Å². The molecule has 0 atom stereocenters. The van der Waals surface area contributed by atoms with Crippen molar-refractivity contribution in [3.05, 3.63) is 29.8 Å². The van der Waals surface area contributed by atoms with Crippen molar-refractivity contribution in [1.29, 1.82) is 0 Å². The Kier molecular flexibility index (Phi) is 6.83. The van der Waals surface area contributed by atoms with E-state index in [9.17, 15) is 21.6 Å². The number of halogens is 3. The van der Waals surface area contributed by atoms with E-state index >= 15 is 0 Å². The molecule has 0 spiro atoms. The second-order valence-corrected chi connectivity index (χ2v) is 7.90. The normalized spacial score (nSPS) is 16.5. The highest BCUT2D eigenvalue weighted by atomic mass is 32.2. The third-order valence-corrected chi connectivity index (χ3v) is 6.28. The van der Waals surface area contributed by atoms with Crippen molar-refractivity contribution in [3.63, 3.8) is 0 Å². The van der Waals surface area contributed by atoms with Crippen molar-refractivity contribution in [1.82, 2.24) is 14.5 Å². The van der Waals surface area contributed by atoms with Gasteiger partial charge in [0.05, 0.1) is 17.1 Å². The number of rotatable bonds is 5. The van der Waals surface area contributed by atoms with Crippen LogP contribution in [0.4, 0.5) is 13.2 Å². The molecule has 0 unspecified atom stereocenters. The van der Waals surface area contributed by atoms with E-state index in [2.05, 4.69) is 5.32 Å². The second kappa shape index (κ2) is 8.51. The lowest BCUT2D eigenvalue weighted by atomic mass is 10.2. The standard InChI is InChI=1S/C15H20F3N3O3S2/c1-24-11-6-19-14(25)20-7-9-21(10-8-20)26(22,23)13-5-3-2-4-12(13)15(16,17)18/h2-5H,6-11H2,1H3,(H,19,25). The Balaban J connectivity index is 2.08. The maximum absolute atomic E-state index is 13.1. The van der Waals surface area contributed by atoms with Crippen LogP contribution in [-0.2, 0) is 20.9 Å². The van der Waals surface area contributed by atoms with E-state index in [1.165, 1.54) is 12.1 Å². The van der Waals surface area contributed by atoms with E-state index in [-0.39, 0.29) is 13.1 Å². The van der Waals surface area contributed by atoms with Crippen molar-refractivity contribution in [2.45, 2.75) is 11.1 Å². The molecule has 1 saturated heterocycles. The number of thiocarbonyl (C=S) groups is 1. The van der Waals surface area contributed by atoms with E-state index in [1.807, 2.05) is 0 Å². The van der Waals surface area contributed by atoms with Crippen LogP contribution < -0.4 is 5.32 Å². The number of piperazine rings is 1. The molecule has 146 valence electrons. The predicted molar refractivity (Wildman–Crippen MR) is 94.3 cm³/mol. The lowest BCUT2D eigenvalue weighted by Gasteiger charge is -2.35. The van der Waals surface area contributed by atoms with Crippen LogP contribution in [0, 0.1) is 0 Å². The Labute approximate surface area is 156 Å². The number of hydrogen-bond donors (Lipinski definition) is 1. The molecule has 26 heavy (non-hydrogen) atoms. The number of sulfonamides is 1. The monoisotopic (exact) mass is 411 g/mol. The van der Waals surface area contributed by atoms with Crippen LogP contribution in [0.1, 0.15) is 5.56 Å². The molecule has 1 aliphatic rings. The van der Waals surface area contributed by atoms with Gasteiger partial charge in [0.25, 0.3) is 0 Å². The first-order chi connectivity index (χ1) is 12.2. The van der Waals surface area contributed by atoms with Crippen LogP contribution in [0.2, 0.25) is 0 Å². The van der Waals surface area contributed by atoms with Gasteiger partial charge in [0, 0.05) is 39.8 Å². The zero-order valence-corrected chi connectivity index (χ0v) is 15.8. The van der Waals surface area contributed by atoms with Gasteiger partial charge in [-0.25, -0.2) is 8.42 Å². The molecule has 1 fully saturated rings. The maximum atomic E-state index is 13.1. The molecule has 0 saturated carbocycles. The molecule has 6 nitrogen and oxygen atoms in total. The van der Waals surface area contributed by atoms with Crippen molar-refractivity contribution in [3.8, 4) is 0 Å². The van der Waals surface area contributed by atoms with Gasteiger partial charge >= 0.3 is 6.18 Å². The van der Waals surface area contributed by atoms with Crippen LogP contribution >= 0.6 is 12.2 Å². The number of hydrogen-bond acceptors (Lipinski definition) is 4. The molecule has 1 heterocycles. The quantitative estimate of drug-likeness (QED) is 0.586. The highest BCUT2D eigenvalue weighted by Crippen LogP contribution is 2.35. The molecule has 1 N–H and O–H groups in total. The summed E-state index contributed by atoms with van der Waals surface area (Å²) in [6, 6.07) is 4.22. The fourth-order valence-corrected chi connectivity index (χ4v) is 4.49. The summed E-state index contributed by atoms with van der Waals surface area (Å²) < 4.78 is 70.7. The average Bonchev–Trinajstić information content (AvgIpc) is 2.61. The molecule has 0 radical (unpaired) electrons. The van der Waals surface area contributed by atoms with E-state index in [0.717, 1.165) is 16.4 Å². The van der Waals surface area contributed by atoms with Crippen molar-refractivity contribution in [2.24, 2.45) is 0 Å². The highest BCUT2D eigenvalue weighted by molar-refractivity contribution is 7.89. The Bertz CT molecular complexity index is 733. The van der Waals surface area contributed by atoms with Crippen LogP contribution in [0.3, 0.4) is 0 Å². The first-order valence-electron chi connectivity index (χ1n) is 7.86. The number of methoxy groups -OCH3 is 1. The lowest BCUT2D eigenvalue weighted by molar-refractivity contribution is -0.139. The number of nitrogens with one attached hydrogen (secondary N) is 1. The molecule has 1 aliphatic heterocycles. The SMILES string of the molecule is COCCNC(=S)N1CCN(S(=O)(=O)c2ccccc2C(F)(F)F)CC1. The third kappa shape index (κ3) is 4.84. The smallest absolute Gasteiger partial charge is 0.383 e. The highest BCUT2D eigenvalue weighted by Gasteiger charge is 2.39. The molecule has 0 bridgehead atoms. The number of nitrogens with zero attached hydrogens (tertiary/aromatic N) is 2. The van der Waals surface area contributed by atoms with Gasteiger partial charge in [0.2, 0.25) is 10.0 Å². The first-order valence-corrected chi connectivity index (χ1v) is 9.71. The third-order valence-electron chi connectivity index (χ3n) is 3.92. The Morgan fingerprint density at radius 1 is 1.23 bits per heavy atom. The number of alkyl halides is 3. The molecular weight excluding hydrogens is 391 g/mol. The molecule has 0 aliphatic carbocycles. The summed E-state index contributed by atoms with van der Waals surface area (Å²) in [4.78, 5) is 1.06.